The van der Waals surface area contributed by atoms with Crippen molar-refractivity contribution < 1.29 is 0 Å². The van der Waals surface area contributed by atoms with Gasteiger partial charge < -0.3 is 10.2 Å². The van der Waals surface area contributed by atoms with Gasteiger partial charge in [-0.05, 0) is 49.8 Å². The molecule has 0 heterocycles. The van der Waals surface area contributed by atoms with E-state index in [1.165, 1.54) is 18.4 Å². The van der Waals surface area contributed by atoms with Crippen molar-refractivity contribution in [2.75, 3.05) is 11.9 Å². The minimum absolute atomic E-state index is 0.438. The highest BCUT2D eigenvalue weighted by molar-refractivity contribution is 5.60. The van der Waals surface area contributed by atoms with Crippen molar-refractivity contribution in [3.05, 3.63) is 29.3 Å². The second-order valence-electron chi connectivity index (χ2n) is 6.71. The lowest BCUT2D eigenvalue weighted by molar-refractivity contribution is 0.504. The third-order valence-corrected chi connectivity index (χ3v) is 4.21. The fraction of sp³-hybridized carbons (Fsp3) is 0.611. The summed E-state index contributed by atoms with van der Waals surface area (Å²) in [4.78, 5) is 2.23. The Morgan fingerprint density at radius 1 is 1.33 bits per heavy atom. The predicted molar refractivity (Wildman–Crippen MR) is 88.3 cm³/mol. The van der Waals surface area contributed by atoms with Crippen LogP contribution >= 0.6 is 0 Å². The minimum atomic E-state index is 0.438. The first kappa shape index (κ1) is 15.9. The second-order valence-corrected chi connectivity index (χ2v) is 6.71. The zero-order valence-corrected chi connectivity index (χ0v) is 13.7. The monoisotopic (exact) mass is 285 g/mol. The maximum Gasteiger partial charge on any atom is 0.101 e. The van der Waals surface area contributed by atoms with E-state index in [0.717, 1.165) is 24.2 Å². The number of hydrogen-bond acceptors (Lipinski definition) is 3. The van der Waals surface area contributed by atoms with Gasteiger partial charge in [-0.1, -0.05) is 19.9 Å². The maximum atomic E-state index is 9.45. The van der Waals surface area contributed by atoms with Crippen molar-refractivity contribution in [3.8, 4) is 6.07 Å². The number of nitriles is 1. The van der Waals surface area contributed by atoms with Gasteiger partial charge >= 0.3 is 0 Å². The Labute approximate surface area is 129 Å². The van der Waals surface area contributed by atoms with Crippen LogP contribution in [0.4, 0.5) is 5.69 Å². The minimum Gasteiger partial charge on any atom is -0.371 e. The van der Waals surface area contributed by atoms with E-state index in [2.05, 4.69) is 56.2 Å². The van der Waals surface area contributed by atoms with E-state index in [0.29, 0.717) is 18.0 Å². The summed E-state index contributed by atoms with van der Waals surface area (Å²) in [6.07, 6.45) is 3.71. The fourth-order valence-electron chi connectivity index (χ4n) is 2.72. The molecule has 1 aromatic rings. The molecular weight excluding hydrogens is 258 g/mol. The van der Waals surface area contributed by atoms with Gasteiger partial charge in [-0.15, -0.1) is 0 Å². The van der Waals surface area contributed by atoms with Crippen LogP contribution in [0, 0.1) is 17.2 Å². The largest absolute Gasteiger partial charge is 0.371 e. The molecule has 2 rings (SSSR count). The molecule has 21 heavy (non-hydrogen) atoms. The van der Waals surface area contributed by atoms with Crippen LogP contribution in [0.1, 0.15) is 51.2 Å². The van der Waals surface area contributed by atoms with Gasteiger partial charge in [0, 0.05) is 25.7 Å². The Bertz CT molecular complexity index is 512. The molecule has 1 aromatic carbocycles. The Morgan fingerprint density at radius 2 is 2.05 bits per heavy atom. The van der Waals surface area contributed by atoms with E-state index in [9.17, 15) is 5.26 Å². The van der Waals surface area contributed by atoms with E-state index in [1.807, 2.05) is 6.07 Å². The first-order valence-electron chi connectivity index (χ1n) is 8.00. The average molecular weight is 285 g/mol. The number of benzene rings is 1. The van der Waals surface area contributed by atoms with E-state index >= 15 is 0 Å². The molecule has 0 aromatic heterocycles. The Kier molecular flexibility index (Phi) is 5.25. The lowest BCUT2D eigenvalue weighted by Gasteiger charge is -2.29. The Balaban J connectivity index is 2.09. The quantitative estimate of drug-likeness (QED) is 0.830. The van der Waals surface area contributed by atoms with Crippen molar-refractivity contribution in [1.29, 1.82) is 5.26 Å². The van der Waals surface area contributed by atoms with E-state index < -0.39 is 0 Å². The van der Waals surface area contributed by atoms with Crippen LogP contribution in [-0.2, 0) is 6.54 Å². The van der Waals surface area contributed by atoms with Crippen molar-refractivity contribution in [1.82, 2.24) is 5.32 Å². The molecule has 1 N–H and O–H groups in total. The van der Waals surface area contributed by atoms with Crippen LogP contribution in [0.15, 0.2) is 18.2 Å². The Morgan fingerprint density at radius 3 is 2.62 bits per heavy atom. The van der Waals surface area contributed by atoms with E-state index in [-0.39, 0.29) is 0 Å². The van der Waals surface area contributed by atoms with Crippen LogP contribution in [-0.4, -0.2) is 19.1 Å². The molecule has 0 spiro atoms. The third-order valence-electron chi connectivity index (χ3n) is 4.21. The molecule has 0 bridgehead atoms. The summed E-state index contributed by atoms with van der Waals surface area (Å²) in [5, 5.41) is 12.9. The first-order valence-corrected chi connectivity index (χ1v) is 8.00. The summed E-state index contributed by atoms with van der Waals surface area (Å²) in [7, 11) is 2.09. The summed E-state index contributed by atoms with van der Waals surface area (Å²) in [6, 6.07) is 9.77. The van der Waals surface area contributed by atoms with Gasteiger partial charge in [0.2, 0.25) is 0 Å². The molecule has 1 aliphatic carbocycles. The summed E-state index contributed by atoms with van der Waals surface area (Å²) < 4.78 is 0. The summed E-state index contributed by atoms with van der Waals surface area (Å²) >= 11 is 0. The number of hydrogen-bond donors (Lipinski definition) is 1. The van der Waals surface area contributed by atoms with Gasteiger partial charge in [-0.2, -0.15) is 5.26 Å². The van der Waals surface area contributed by atoms with Crippen molar-refractivity contribution in [2.24, 2.45) is 5.92 Å². The number of anilines is 1. The lowest BCUT2D eigenvalue weighted by atomic mass is 10.0. The maximum absolute atomic E-state index is 9.45. The van der Waals surface area contributed by atoms with E-state index in [1.54, 1.807) is 0 Å². The van der Waals surface area contributed by atoms with Crippen LogP contribution < -0.4 is 10.2 Å². The van der Waals surface area contributed by atoms with Crippen molar-refractivity contribution in [2.45, 2.75) is 58.7 Å². The molecule has 1 fully saturated rings. The van der Waals surface area contributed by atoms with Gasteiger partial charge in [0.05, 0.1) is 11.3 Å². The SMILES string of the molecule is CC(C)CC(C)N(C)c1ccc(CNC2CC2)cc1C#N. The zero-order valence-electron chi connectivity index (χ0n) is 13.7. The Hall–Kier alpha value is -1.53. The highest BCUT2D eigenvalue weighted by Gasteiger charge is 2.20. The standard InChI is InChI=1S/C18H27N3/c1-13(2)9-14(3)21(4)18-8-5-15(10-16(18)11-19)12-20-17-6-7-17/h5,8,10,13-14,17,20H,6-7,9,12H2,1-4H3. The molecule has 114 valence electrons. The molecule has 1 aliphatic rings. The molecular formula is C18H27N3. The molecule has 3 nitrogen and oxygen atoms in total. The second kappa shape index (κ2) is 6.95. The van der Waals surface area contributed by atoms with Gasteiger partial charge in [0.15, 0.2) is 0 Å². The first-order chi connectivity index (χ1) is 10.0. The summed E-state index contributed by atoms with van der Waals surface area (Å²) in [5.74, 6) is 0.662. The van der Waals surface area contributed by atoms with Crippen LogP contribution in [0.5, 0.6) is 0 Å². The number of nitrogens with zero attached hydrogens (tertiary/aromatic N) is 2. The molecule has 3 heteroatoms. The van der Waals surface area contributed by atoms with Crippen molar-refractivity contribution >= 4 is 5.69 Å². The molecule has 0 aliphatic heterocycles. The van der Waals surface area contributed by atoms with Crippen molar-refractivity contribution in [3.63, 3.8) is 0 Å². The molecule has 1 atom stereocenters. The van der Waals surface area contributed by atoms with E-state index in [4.69, 9.17) is 0 Å². The fourth-order valence-corrected chi connectivity index (χ4v) is 2.72. The van der Waals surface area contributed by atoms with Crippen LogP contribution in [0.25, 0.3) is 0 Å². The van der Waals surface area contributed by atoms with Gasteiger partial charge in [0.1, 0.15) is 6.07 Å². The number of rotatable bonds is 7. The smallest absolute Gasteiger partial charge is 0.101 e. The van der Waals surface area contributed by atoms with Crippen LogP contribution in [0.3, 0.4) is 0 Å². The van der Waals surface area contributed by atoms with Gasteiger partial charge in [-0.25, -0.2) is 0 Å². The highest BCUT2D eigenvalue weighted by atomic mass is 15.1. The highest BCUT2D eigenvalue weighted by Crippen LogP contribution is 2.25. The topological polar surface area (TPSA) is 39.1 Å². The predicted octanol–water partition coefficient (Wildman–Crippen LogP) is 3.68. The molecule has 1 saturated carbocycles. The third kappa shape index (κ3) is 4.47. The van der Waals surface area contributed by atoms with Gasteiger partial charge in [0.25, 0.3) is 0 Å². The van der Waals surface area contributed by atoms with Crippen LogP contribution in [0.2, 0.25) is 0 Å². The molecule has 0 radical (unpaired) electrons. The summed E-state index contributed by atoms with van der Waals surface area (Å²) in [5.41, 5.74) is 3.02. The normalized spacial score (nSPS) is 15.8. The molecule has 0 saturated heterocycles. The molecule has 0 amide bonds. The summed E-state index contributed by atoms with van der Waals surface area (Å²) in [6.45, 7) is 7.57. The lowest BCUT2D eigenvalue weighted by Crippen LogP contribution is -2.30. The number of nitrogens with one attached hydrogen (secondary N) is 1. The zero-order chi connectivity index (χ0) is 15.4. The van der Waals surface area contributed by atoms with Gasteiger partial charge in [-0.3, -0.25) is 0 Å². The molecule has 1 unspecified atom stereocenters. The average Bonchev–Trinajstić information content (AvgIpc) is 3.27.